The summed E-state index contributed by atoms with van der Waals surface area (Å²) in [5, 5.41) is 0.464. The van der Waals surface area contributed by atoms with Gasteiger partial charge in [-0.2, -0.15) is 11.8 Å². The van der Waals surface area contributed by atoms with Crippen molar-refractivity contribution in [2.45, 2.75) is 11.7 Å². The number of aromatic nitrogens is 2. The maximum atomic E-state index is 12.4. The van der Waals surface area contributed by atoms with Crippen molar-refractivity contribution in [3.8, 4) is 0 Å². The van der Waals surface area contributed by atoms with E-state index in [0.29, 0.717) is 10.9 Å². The Bertz CT molecular complexity index is 591. The van der Waals surface area contributed by atoms with E-state index >= 15 is 0 Å². The molecule has 4 nitrogen and oxygen atoms in total. The molecule has 0 bridgehead atoms. The van der Waals surface area contributed by atoms with E-state index in [1.54, 1.807) is 12.4 Å². The molecule has 1 amide bonds. The van der Waals surface area contributed by atoms with Crippen molar-refractivity contribution in [1.29, 1.82) is 0 Å². The highest BCUT2D eigenvalue weighted by atomic mass is 32.2. The first kappa shape index (κ1) is 14.1. The highest BCUT2D eigenvalue weighted by Crippen LogP contribution is 2.34. The van der Waals surface area contributed by atoms with Crippen LogP contribution >= 0.6 is 11.8 Å². The van der Waals surface area contributed by atoms with Gasteiger partial charge in [-0.15, -0.1) is 0 Å². The summed E-state index contributed by atoms with van der Waals surface area (Å²) in [6, 6.07) is 10.5. The van der Waals surface area contributed by atoms with Crippen LogP contribution < -0.4 is 0 Å². The first-order valence-corrected chi connectivity index (χ1v) is 8.11. The normalized spacial score (nSPS) is 19.0. The van der Waals surface area contributed by atoms with Crippen molar-refractivity contribution in [3.63, 3.8) is 0 Å². The smallest absolute Gasteiger partial charge is 0.274 e. The average molecular weight is 299 g/mol. The van der Waals surface area contributed by atoms with Crippen LogP contribution in [-0.4, -0.2) is 39.6 Å². The zero-order valence-electron chi connectivity index (χ0n) is 11.7. The molecule has 0 aliphatic carbocycles. The molecule has 3 rings (SSSR count). The van der Waals surface area contributed by atoms with Crippen LogP contribution in [0.2, 0.25) is 0 Å². The number of carbonyl (C=O) groups excluding carboxylic acids is 1. The minimum Gasteiger partial charge on any atom is -0.336 e. The van der Waals surface area contributed by atoms with Gasteiger partial charge >= 0.3 is 0 Å². The molecule has 2 heterocycles. The molecule has 1 aliphatic heterocycles. The maximum absolute atomic E-state index is 12.4. The Balaban J connectivity index is 1.67. The van der Waals surface area contributed by atoms with E-state index in [1.165, 1.54) is 11.8 Å². The lowest BCUT2D eigenvalue weighted by molar-refractivity contribution is 0.0760. The van der Waals surface area contributed by atoms with Gasteiger partial charge < -0.3 is 4.90 Å². The molecule has 108 valence electrons. The van der Waals surface area contributed by atoms with Gasteiger partial charge in [0.05, 0.1) is 6.20 Å². The highest BCUT2D eigenvalue weighted by Gasteiger charge is 2.23. The van der Waals surface area contributed by atoms with Crippen molar-refractivity contribution in [2.24, 2.45) is 0 Å². The maximum Gasteiger partial charge on any atom is 0.274 e. The summed E-state index contributed by atoms with van der Waals surface area (Å²) in [6.45, 7) is 1.53. The second-order valence-electron chi connectivity index (χ2n) is 4.94. The molecule has 1 atom stereocenters. The standard InChI is InChI=1S/C16H17N3OS/c20-16(14-12-17-7-8-18-14)19-9-6-15(21-11-10-19)13-4-2-1-3-5-13/h1-5,7-8,12,15H,6,9-11H2. The molecule has 2 aromatic rings. The number of carbonyl (C=O) groups is 1. The van der Waals surface area contributed by atoms with E-state index in [2.05, 4.69) is 34.2 Å². The molecule has 1 fully saturated rings. The number of amides is 1. The first-order chi connectivity index (χ1) is 10.3. The molecule has 21 heavy (non-hydrogen) atoms. The monoisotopic (exact) mass is 299 g/mol. The summed E-state index contributed by atoms with van der Waals surface area (Å²) in [5.74, 6) is 0.934. The van der Waals surface area contributed by atoms with Gasteiger partial charge in [0.2, 0.25) is 0 Å². The molecule has 1 aromatic carbocycles. The van der Waals surface area contributed by atoms with Gasteiger partial charge in [-0.3, -0.25) is 9.78 Å². The summed E-state index contributed by atoms with van der Waals surface area (Å²) in [4.78, 5) is 22.4. The number of rotatable bonds is 2. The van der Waals surface area contributed by atoms with Crippen LogP contribution in [0, 0.1) is 0 Å². The predicted octanol–water partition coefficient (Wildman–Crippen LogP) is 2.80. The van der Waals surface area contributed by atoms with Crippen LogP contribution in [0.3, 0.4) is 0 Å². The lowest BCUT2D eigenvalue weighted by atomic mass is 10.1. The molecule has 1 unspecified atom stereocenters. The van der Waals surface area contributed by atoms with Crippen molar-refractivity contribution >= 4 is 17.7 Å². The SMILES string of the molecule is O=C(c1cnccn1)N1CCSC(c2ccccc2)CC1. The zero-order valence-corrected chi connectivity index (χ0v) is 12.5. The summed E-state index contributed by atoms with van der Waals surface area (Å²) in [7, 11) is 0. The largest absolute Gasteiger partial charge is 0.336 e. The minimum atomic E-state index is -0.0163. The Morgan fingerprint density at radius 1 is 1.19 bits per heavy atom. The molecular weight excluding hydrogens is 282 g/mol. The minimum absolute atomic E-state index is 0.0163. The van der Waals surface area contributed by atoms with Gasteiger partial charge in [0, 0.05) is 36.5 Å². The third-order valence-electron chi connectivity index (χ3n) is 3.58. The van der Waals surface area contributed by atoms with E-state index < -0.39 is 0 Å². The first-order valence-electron chi connectivity index (χ1n) is 7.06. The van der Waals surface area contributed by atoms with Crippen LogP contribution in [0.1, 0.15) is 27.7 Å². The predicted molar refractivity (Wildman–Crippen MR) is 84.2 cm³/mol. The Morgan fingerprint density at radius 2 is 2.05 bits per heavy atom. The van der Waals surface area contributed by atoms with Crippen LogP contribution in [0.5, 0.6) is 0 Å². The number of hydrogen-bond donors (Lipinski definition) is 0. The lowest BCUT2D eigenvalue weighted by Crippen LogP contribution is -2.33. The fraction of sp³-hybridized carbons (Fsp3) is 0.312. The molecule has 1 aliphatic rings. The molecule has 0 radical (unpaired) electrons. The van der Waals surface area contributed by atoms with E-state index in [0.717, 1.165) is 25.3 Å². The second kappa shape index (κ2) is 6.72. The topological polar surface area (TPSA) is 46.1 Å². The molecule has 0 saturated carbocycles. The fourth-order valence-corrected chi connectivity index (χ4v) is 3.71. The fourth-order valence-electron chi connectivity index (χ4n) is 2.48. The molecule has 0 N–H and O–H groups in total. The van der Waals surface area contributed by atoms with Crippen molar-refractivity contribution in [1.82, 2.24) is 14.9 Å². The lowest BCUT2D eigenvalue weighted by Gasteiger charge is -2.19. The van der Waals surface area contributed by atoms with Crippen molar-refractivity contribution in [2.75, 3.05) is 18.8 Å². The Kier molecular flexibility index (Phi) is 4.50. The Labute approximate surface area is 128 Å². The summed E-state index contributed by atoms with van der Waals surface area (Å²) in [6.07, 6.45) is 5.66. The molecular formula is C16H17N3OS. The Morgan fingerprint density at radius 3 is 2.81 bits per heavy atom. The third kappa shape index (κ3) is 3.42. The number of nitrogens with zero attached hydrogens (tertiary/aromatic N) is 3. The zero-order chi connectivity index (χ0) is 14.5. The van der Waals surface area contributed by atoms with Gasteiger partial charge in [0.1, 0.15) is 5.69 Å². The van der Waals surface area contributed by atoms with E-state index in [1.807, 2.05) is 22.7 Å². The van der Waals surface area contributed by atoms with Crippen LogP contribution in [0.4, 0.5) is 0 Å². The number of benzene rings is 1. The van der Waals surface area contributed by atoms with E-state index in [9.17, 15) is 4.79 Å². The van der Waals surface area contributed by atoms with Crippen LogP contribution in [0.15, 0.2) is 48.9 Å². The average Bonchev–Trinajstić information content (AvgIpc) is 2.82. The van der Waals surface area contributed by atoms with E-state index in [4.69, 9.17) is 0 Å². The summed E-state index contributed by atoms with van der Waals surface area (Å²) in [5.41, 5.74) is 1.77. The third-order valence-corrected chi connectivity index (χ3v) is 4.91. The second-order valence-corrected chi connectivity index (χ2v) is 6.25. The summed E-state index contributed by atoms with van der Waals surface area (Å²) >= 11 is 1.92. The van der Waals surface area contributed by atoms with Crippen LogP contribution in [0.25, 0.3) is 0 Å². The molecule has 0 spiro atoms. The van der Waals surface area contributed by atoms with Gasteiger partial charge in [0.25, 0.3) is 5.91 Å². The van der Waals surface area contributed by atoms with Gasteiger partial charge in [-0.1, -0.05) is 30.3 Å². The van der Waals surface area contributed by atoms with Crippen molar-refractivity contribution in [3.05, 3.63) is 60.2 Å². The molecule has 1 saturated heterocycles. The number of thioether (sulfide) groups is 1. The number of hydrogen-bond acceptors (Lipinski definition) is 4. The summed E-state index contributed by atoms with van der Waals surface area (Å²) < 4.78 is 0. The van der Waals surface area contributed by atoms with Gasteiger partial charge in [0.15, 0.2) is 0 Å². The van der Waals surface area contributed by atoms with Crippen LogP contribution in [-0.2, 0) is 0 Å². The highest BCUT2D eigenvalue weighted by molar-refractivity contribution is 7.99. The molecule has 5 heteroatoms. The van der Waals surface area contributed by atoms with E-state index in [-0.39, 0.29) is 5.91 Å². The quantitative estimate of drug-likeness (QED) is 0.855. The molecule has 1 aromatic heterocycles. The van der Waals surface area contributed by atoms with Crippen molar-refractivity contribution < 1.29 is 4.79 Å². The Hall–Kier alpha value is -1.88. The van der Waals surface area contributed by atoms with Gasteiger partial charge in [-0.05, 0) is 12.0 Å². The van der Waals surface area contributed by atoms with Gasteiger partial charge in [-0.25, -0.2) is 4.98 Å².